The van der Waals surface area contributed by atoms with E-state index >= 15 is 0 Å². The van der Waals surface area contributed by atoms with Gasteiger partial charge in [-0.3, -0.25) is 0 Å². The highest BCUT2D eigenvalue weighted by molar-refractivity contribution is 5.25. The van der Waals surface area contributed by atoms with Crippen molar-refractivity contribution in [1.29, 1.82) is 0 Å². The summed E-state index contributed by atoms with van der Waals surface area (Å²) in [4.78, 5) is 0. The Morgan fingerprint density at radius 3 is 2.38 bits per heavy atom. The first-order valence-electron chi connectivity index (χ1n) is 8.24. The fourth-order valence-corrected chi connectivity index (χ4v) is 2.69. The standard InChI is InChI=1S/C18H29NO2/c1-4-9-19-17(13-18-20-10-11-21-18)12-15-5-7-16(8-6-15)14(2)3/h5-8,14,17-19H,4,9-13H2,1-3H3. The van der Waals surface area contributed by atoms with Crippen molar-refractivity contribution in [3.63, 3.8) is 0 Å². The van der Waals surface area contributed by atoms with E-state index in [-0.39, 0.29) is 6.29 Å². The Hall–Kier alpha value is -0.900. The molecule has 0 aliphatic carbocycles. The van der Waals surface area contributed by atoms with Crippen LogP contribution in [0.3, 0.4) is 0 Å². The topological polar surface area (TPSA) is 30.5 Å². The molecule has 1 aliphatic rings. The first-order valence-corrected chi connectivity index (χ1v) is 8.24. The molecule has 1 aromatic rings. The summed E-state index contributed by atoms with van der Waals surface area (Å²) in [7, 11) is 0. The van der Waals surface area contributed by atoms with E-state index < -0.39 is 0 Å². The van der Waals surface area contributed by atoms with Crippen LogP contribution in [0.5, 0.6) is 0 Å². The van der Waals surface area contributed by atoms with Crippen LogP contribution in [0, 0.1) is 0 Å². The summed E-state index contributed by atoms with van der Waals surface area (Å²) >= 11 is 0. The average Bonchev–Trinajstić information content (AvgIpc) is 2.98. The van der Waals surface area contributed by atoms with E-state index in [9.17, 15) is 0 Å². The highest BCUT2D eigenvalue weighted by atomic mass is 16.7. The maximum atomic E-state index is 5.59. The average molecular weight is 291 g/mol. The third-order valence-corrected chi connectivity index (χ3v) is 3.98. The quantitative estimate of drug-likeness (QED) is 0.795. The van der Waals surface area contributed by atoms with Gasteiger partial charge >= 0.3 is 0 Å². The molecule has 1 aliphatic heterocycles. The molecule has 0 spiro atoms. The zero-order chi connectivity index (χ0) is 15.1. The van der Waals surface area contributed by atoms with E-state index in [0.717, 1.165) is 39.0 Å². The SMILES string of the molecule is CCCNC(Cc1ccc(C(C)C)cc1)CC1OCCO1. The molecule has 1 heterocycles. The van der Waals surface area contributed by atoms with Gasteiger partial charge in [0.1, 0.15) is 0 Å². The molecule has 0 aromatic heterocycles. The summed E-state index contributed by atoms with van der Waals surface area (Å²) in [6.07, 6.45) is 3.07. The molecular formula is C18H29NO2. The van der Waals surface area contributed by atoms with Crippen LogP contribution < -0.4 is 5.32 Å². The molecule has 21 heavy (non-hydrogen) atoms. The van der Waals surface area contributed by atoms with Gasteiger partial charge in [0.25, 0.3) is 0 Å². The van der Waals surface area contributed by atoms with E-state index in [0.29, 0.717) is 12.0 Å². The van der Waals surface area contributed by atoms with E-state index in [1.54, 1.807) is 0 Å². The first-order chi connectivity index (χ1) is 10.2. The predicted octanol–water partition coefficient (Wildman–Crippen LogP) is 3.48. The Kier molecular flexibility index (Phi) is 6.68. The normalized spacial score (nSPS) is 17.5. The Bertz CT molecular complexity index is 396. The second-order valence-corrected chi connectivity index (χ2v) is 6.16. The molecular weight excluding hydrogens is 262 g/mol. The van der Waals surface area contributed by atoms with Crippen molar-refractivity contribution in [2.45, 2.75) is 58.3 Å². The van der Waals surface area contributed by atoms with Gasteiger partial charge in [0.05, 0.1) is 13.2 Å². The number of rotatable bonds is 8. The lowest BCUT2D eigenvalue weighted by molar-refractivity contribution is -0.0526. The van der Waals surface area contributed by atoms with Crippen molar-refractivity contribution in [3.05, 3.63) is 35.4 Å². The summed E-state index contributed by atoms with van der Waals surface area (Å²) in [5, 5.41) is 3.62. The lowest BCUT2D eigenvalue weighted by atomic mass is 9.98. The minimum Gasteiger partial charge on any atom is -0.350 e. The third-order valence-electron chi connectivity index (χ3n) is 3.98. The summed E-state index contributed by atoms with van der Waals surface area (Å²) in [6, 6.07) is 9.43. The molecule has 0 amide bonds. The fourth-order valence-electron chi connectivity index (χ4n) is 2.69. The van der Waals surface area contributed by atoms with Gasteiger partial charge in [-0.05, 0) is 36.4 Å². The van der Waals surface area contributed by atoms with Gasteiger partial charge in [0, 0.05) is 12.5 Å². The number of hydrogen-bond donors (Lipinski definition) is 1. The van der Waals surface area contributed by atoms with Gasteiger partial charge in [-0.1, -0.05) is 45.0 Å². The summed E-state index contributed by atoms with van der Waals surface area (Å²) in [5.74, 6) is 0.591. The van der Waals surface area contributed by atoms with Crippen molar-refractivity contribution in [2.24, 2.45) is 0 Å². The first kappa shape index (κ1) is 16.5. The zero-order valence-corrected chi connectivity index (χ0v) is 13.6. The third kappa shape index (κ3) is 5.42. The maximum absolute atomic E-state index is 5.59. The van der Waals surface area contributed by atoms with E-state index in [1.807, 2.05) is 0 Å². The van der Waals surface area contributed by atoms with Crippen LogP contribution in [0.15, 0.2) is 24.3 Å². The van der Waals surface area contributed by atoms with Gasteiger partial charge in [-0.2, -0.15) is 0 Å². The smallest absolute Gasteiger partial charge is 0.159 e. The van der Waals surface area contributed by atoms with Crippen LogP contribution in [0.25, 0.3) is 0 Å². The van der Waals surface area contributed by atoms with Gasteiger partial charge < -0.3 is 14.8 Å². The molecule has 1 aromatic carbocycles. The van der Waals surface area contributed by atoms with Crippen LogP contribution >= 0.6 is 0 Å². The second-order valence-electron chi connectivity index (χ2n) is 6.16. The van der Waals surface area contributed by atoms with Crippen LogP contribution in [0.1, 0.15) is 50.7 Å². The van der Waals surface area contributed by atoms with Crippen molar-refractivity contribution in [2.75, 3.05) is 19.8 Å². The molecule has 0 radical (unpaired) electrons. The zero-order valence-electron chi connectivity index (χ0n) is 13.6. The molecule has 1 saturated heterocycles. The molecule has 3 nitrogen and oxygen atoms in total. The van der Waals surface area contributed by atoms with Crippen molar-refractivity contribution >= 4 is 0 Å². The Morgan fingerprint density at radius 1 is 1.14 bits per heavy atom. The molecule has 1 N–H and O–H groups in total. The molecule has 0 bridgehead atoms. The lowest BCUT2D eigenvalue weighted by Crippen LogP contribution is -2.35. The summed E-state index contributed by atoms with van der Waals surface area (Å²) in [6.45, 7) is 9.17. The molecule has 0 saturated carbocycles. The van der Waals surface area contributed by atoms with E-state index in [1.165, 1.54) is 11.1 Å². The largest absolute Gasteiger partial charge is 0.350 e. The van der Waals surface area contributed by atoms with Crippen LogP contribution in [0.2, 0.25) is 0 Å². The molecule has 118 valence electrons. The van der Waals surface area contributed by atoms with Gasteiger partial charge in [-0.15, -0.1) is 0 Å². The second kappa shape index (κ2) is 8.52. The number of benzene rings is 1. The summed E-state index contributed by atoms with van der Waals surface area (Å²) in [5.41, 5.74) is 2.78. The van der Waals surface area contributed by atoms with Crippen molar-refractivity contribution in [1.82, 2.24) is 5.32 Å². The van der Waals surface area contributed by atoms with Crippen LogP contribution in [-0.4, -0.2) is 32.1 Å². The van der Waals surface area contributed by atoms with Crippen molar-refractivity contribution < 1.29 is 9.47 Å². The summed E-state index contributed by atoms with van der Waals surface area (Å²) < 4.78 is 11.2. The van der Waals surface area contributed by atoms with Gasteiger partial charge in [0.15, 0.2) is 6.29 Å². The van der Waals surface area contributed by atoms with E-state index in [2.05, 4.69) is 50.4 Å². The predicted molar refractivity (Wildman–Crippen MR) is 86.6 cm³/mol. The number of hydrogen-bond acceptors (Lipinski definition) is 3. The van der Waals surface area contributed by atoms with Crippen molar-refractivity contribution in [3.8, 4) is 0 Å². The fraction of sp³-hybridized carbons (Fsp3) is 0.667. The van der Waals surface area contributed by atoms with Gasteiger partial charge in [-0.25, -0.2) is 0 Å². The molecule has 3 heteroatoms. The Balaban J connectivity index is 1.92. The molecule has 2 rings (SSSR count). The highest BCUT2D eigenvalue weighted by Gasteiger charge is 2.21. The molecule has 1 fully saturated rings. The highest BCUT2D eigenvalue weighted by Crippen LogP contribution is 2.18. The number of ether oxygens (including phenoxy) is 2. The van der Waals surface area contributed by atoms with Crippen LogP contribution in [-0.2, 0) is 15.9 Å². The van der Waals surface area contributed by atoms with Gasteiger partial charge in [0.2, 0.25) is 0 Å². The molecule has 1 atom stereocenters. The van der Waals surface area contributed by atoms with Crippen LogP contribution in [0.4, 0.5) is 0 Å². The maximum Gasteiger partial charge on any atom is 0.159 e. The monoisotopic (exact) mass is 291 g/mol. The van der Waals surface area contributed by atoms with E-state index in [4.69, 9.17) is 9.47 Å². The molecule has 1 unspecified atom stereocenters. The Labute approximate surface area is 129 Å². The lowest BCUT2D eigenvalue weighted by Gasteiger charge is -2.21. The minimum absolute atomic E-state index is 0.0331. The Morgan fingerprint density at radius 2 is 1.81 bits per heavy atom. The number of nitrogens with one attached hydrogen (secondary N) is 1. The minimum atomic E-state index is -0.0331.